The number of benzene rings is 2. The van der Waals surface area contributed by atoms with Crippen LogP contribution in [-0.2, 0) is 10.2 Å². The highest BCUT2D eigenvalue weighted by Gasteiger charge is 2.19. The van der Waals surface area contributed by atoms with Crippen LogP contribution in [0.2, 0.25) is 5.02 Å². The lowest BCUT2D eigenvalue weighted by Gasteiger charge is -2.18. The van der Waals surface area contributed by atoms with E-state index in [1.54, 1.807) is 0 Å². The van der Waals surface area contributed by atoms with Crippen LogP contribution in [0.4, 0.5) is 0 Å². The molecule has 0 spiro atoms. The Balaban J connectivity index is 2.68. The molecule has 0 N–H and O–H groups in total. The average Bonchev–Trinajstić information content (AvgIpc) is 2.29. The maximum absolute atomic E-state index is 11.0. The van der Waals surface area contributed by atoms with Gasteiger partial charge in [0.1, 0.15) is 6.29 Å². The Morgan fingerprint density at radius 1 is 1.19 bits per heavy atom. The second-order valence-electron chi connectivity index (χ2n) is 4.52. The lowest BCUT2D eigenvalue weighted by molar-refractivity contribution is -0.111. The van der Waals surface area contributed by atoms with Crippen molar-refractivity contribution in [3.63, 3.8) is 0 Å². The molecule has 0 atom stereocenters. The van der Waals surface area contributed by atoms with E-state index in [4.69, 9.17) is 11.6 Å². The minimum absolute atomic E-state index is 0.465. The molecule has 2 heteroatoms. The molecule has 0 fully saturated rings. The summed E-state index contributed by atoms with van der Waals surface area (Å²) < 4.78 is 0. The van der Waals surface area contributed by atoms with Crippen molar-refractivity contribution in [2.24, 2.45) is 0 Å². The van der Waals surface area contributed by atoms with Gasteiger partial charge in [-0.25, -0.2) is 0 Å². The van der Waals surface area contributed by atoms with E-state index < -0.39 is 5.41 Å². The topological polar surface area (TPSA) is 17.1 Å². The third-order valence-corrected chi connectivity index (χ3v) is 3.20. The zero-order chi connectivity index (χ0) is 11.8. The minimum Gasteiger partial charge on any atom is -0.302 e. The molecule has 16 heavy (non-hydrogen) atoms. The monoisotopic (exact) mass is 232 g/mol. The van der Waals surface area contributed by atoms with Crippen molar-refractivity contribution >= 4 is 28.7 Å². The van der Waals surface area contributed by atoms with Gasteiger partial charge in [-0.2, -0.15) is 0 Å². The van der Waals surface area contributed by atoms with Gasteiger partial charge in [-0.05, 0) is 36.9 Å². The number of carbonyl (C=O) groups is 1. The molecule has 0 saturated carbocycles. The number of fused-ring (bicyclic) bond motifs is 1. The van der Waals surface area contributed by atoms with E-state index in [2.05, 4.69) is 0 Å². The number of hydrogen-bond donors (Lipinski definition) is 0. The van der Waals surface area contributed by atoms with Crippen molar-refractivity contribution in [3.8, 4) is 0 Å². The second-order valence-corrected chi connectivity index (χ2v) is 4.92. The zero-order valence-corrected chi connectivity index (χ0v) is 10.1. The fourth-order valence-electron chi connectivity index (χ4n) is 1.70. The first-order chi connectivity index (χ1) is 7.54. The Labute approximate surface area is 100 Å². The summed E-state index contributed by atoms with van der Waals surface area (Å²) in [7, 11) is 0. The van der Waals surface area contributed by atoms with Gasteiger partial charge in [0.2, 0.25) is 0 Å². The van der Waals surface area contributed by atoms with E-state index in [9.17, 15) is 4.79 Å². The van der Waals surface area contributed by atoms with Crippen LogP contribution in [0.25, 0.3) is 10.8 Å². The largest absolute Gasteiger partial charge is 0.302 e. The van der Waals surface area contributed by atoms with Crippen molar-refractivity contribution in [1.29, 1.82) is 0 Å². The molecule has 0 heterocycles. The summed E-state index contributed by atoms with van der Waals surface area (Å²) in [6.07, 6.45) is 0.963. The van der Waals surface area contributed by atoms with E-state index in [1.807, 2.05) is 50.2 Å². The van der Waals surface area contributed by atoms with Crippen LogP contribution in [0.15, 0.2) is 36.4 Å². The molecule has 0 amide bonds. The first kappa shape index (κ1) is 11.2. The lowest BCUT2D eigenvalue weighted by Crippen LogP contribution is -2.18. The third kappa shape index (κ3) is 1.83. The van der Waals surface area contributed by atoms with Crippen molar-refractivity contribution in [1.82, 2.24) is 0 Å². The van der Waals surface area contributed by atoms with Gasteiger partial charge in [0, 0.05) is 15.8 Å². The lowest BCUT2D eigenvalue weighted by atomic mass is 9.85. The third-order valence-electron chi connectivity index (χ3n) is 2.87. The van der Waals surface area contributed by atoms with E-state index in [0.29, 0.717) is 0 Å². The predicted octanol–water partition coefficient (Wildman–Crippen LogP) is 3.97. The van der Waals surface area contributed by atoms with Crippen LogP contribution in [0.3, 0.4) is 0 Å². The first-order valence-corrected chi connectivity index (χ1v) is 5.57. The maximum Gasteiger partial charge on any atom is 0.129 e. The quantitative estimate of drug-likeness (QED) is 0.716. The highest BCUT2D eigenvalue weighted by Crippen LogP contribution is 2.29. The second kappa shape index (κ2) is 3.91. The van der Waals surface area contributed by atoms with E-state index in [1.165, 1.54) is 0 Å². The molecule has 0 aliphatic rings. The van der Waals surface area contributed by atoms with E-state index in [-0.39, 0.29) is 0 Å². The van der Waals surface area contributed by atoms with E-state index in [0.717, 1.165) is 27.6 Å². The van der Waals surface area contributed by atoms with Crippen LogP contribution in [0, 0.1) is 0 Å². The molecule has 0 bridgehead atoms. The number of aldehydes is 1. The molecule has 0 aliphatic heterocycles. The van der Waals surface area contributed by atoms with Crippen LogP contribution < -0.4 is 0 Å². The van der Waals surface area contributed by atoms with Crippen molar-refractivity contribution in [3.05, 3.63) is 47.0 Å². The highest BCUT2D eigenvalue weighted by molar-refractivity contribution is 6.35. The Morgan fingerprint density at radius 2 is 1.94 bits per heavy atom. The van der Waals surface area contributed by atoms with Crippen molar-refractivity contribution < 1.29 is 4.79 Å². The van der Waals surface area contributed by atoms with Gasteiger partial charge in [0.05, 0.1) is 0 Å². The van der Waals surface area contributed by atoms with Gasteiger partial charge in [0.15, 0.2) is 0 Å². The minimum atomic E-state index is -0.465. The molecule has 0 unspecified atom stereocenters. The van der Waals surface area contributed by atoms with Crippen molar-refractivity contribution in [2.45, 2.75) is 19.3 Å². The number of rotatable bonds is 2. The first-order valence-electron chi connectivity index (χ1n) is 5.20. The van der Waals surface area contributed by atoms with Crippen LogP contribution in [0.5, 0.6) is 0 Å². The molecule has 2 aromatic carbocycles. The summed E-state index contributed by atoms with van der Waals surface area (Å²) in [5, 5.41) is 2.82. The van der Waals surface area contributed by atoms with Gasteiger partial charge >= 0.3 is 0 Å². The molecular weight excluding hydrogens is 220 g/mol. The predicted molar refractivity (Wildman–Crippen MR) is 68.0 cm³/mol. The number of carbonyl (C=O) groups excluding carboxylic acids is 1. The Hall–Kier alpha value is -1.34. The Bertz CT molecular complexity index is 543. The number of halogens is 1. The molecular formula is C14H13ClO. The summed E-state index contributed by atoms with van der Waals surface area (Å²) >= 11 is 6.13. The van der Waals surface area contributed by atoms with Gasteiger partial charge in [-0.3, -0.25) is 0 Å². The summed E-state index contributed by atoms with van der Waals surface area (Å²) in [5.41, 5.74) is 0.524. The van der Waals surface area contributed by atoms with Crippen LogP contribution in [0.1, 0.15) is 19.4 Å². The molecule has 0 aromatic heterocycles. The molecule has 1 nitrogen and oxygen atoms in total. The molecule has 2 aromatic rings. The van der Waals surface area contributed by atoms with E-state index >= 15 is 0 Å². The molecule has 0 radical (unpaired) electrons. The fourth-order valence-corrected chi connectivity index (χ4v) is 1.94. The maximum atomic E-state index is 11.0. The normalized spacial score (nSPS) is 11.7. The van der Waals surface area contributed by atoms with Gasteiger partial charge in [-0.1, -0.05) is 35.9 Å². The van der Waals surface area contributed by atoms with Crippen LogP contribution >= 0.6 is 11.6 Å². The summed E-state index contributed by atoms with van der Waals surface area (Å²) in [5.74, 6) is 0. The standard InChI is InChI=1S/C14H13ClO/c1-14(2,9-16)11-7-6-10-4-3-5-13(15)12(10)8-11/h3-9H,1-2H3. The fraction of sp³-hybridized carbons (Fsp3) is 0.214. The Kier molecular flexibility index (Phi) is 2.73. The molecule has 0 aliphatic carbocycles. The van der Waals surface area contributed by atoms with Gasteiger partial charge < -0.3 is 4.79 Å². The SMILES string of the molecule is CC(C)(C=O)c1ccc2cccc(Cl)c2c1. The molecule has 0 saturated heterocycles. The summed E-state index contributed by atoms with van der Waals surface area (Å²) in [4.78, 5) is 11.0. The number of hydrogen-bond acceptors (Lipinski definition) is 1. The van der Waals surface area contributed by atoms with Gasteiger partial charge in [0.25, 0.3) is 0 Å². The average molecular weight is 233 g/mol. The molecule has 2 rings (SSSR count). The molecule has 82 valence electrons. The summed E-state index contributed by atoms with van der Waals surface area (Å²) in [6.45, 7) is 3.80. The zero-order valence-electron chi connectivity index (χ0n) is 9.33. The smallest absolute Gasteiger partial charge is 0.129 e. The Morgan fingerprint density at radius 3 is 2.62 bits per heavy atom. The summed E-state index contributed by atoms with van der Waals surface area (Å²) in [6, 6.07) is 11.8. The highest BCUT2D eigenvalue weighted by atomic mass is 35.5. The van der Waals surface area contributed by atoms with Crippen molar-refractivity contribution in [2.75, 3.05) is 0 Å². The van der Waals surface area contributed by atoms with Crippen LogP contribution in [-0.4, -0.2) is 6.29 Å². The van der Waals surface area contributed by atoms with Gasteiger partial charge in [-0.15, -0.1) is 0 Å².